The van der Waals surface area contributed by atoms with Crippen molar-refractivity contribution in [2.45, 2.75) is 6.42 Å². The molecule has 0 saturated carbocycles. The number of amides is 1. The van der Waals surface area contributed by atoms with E-state index in [0.29, 0.717) is 30.9 Å². The summed E-state index contributed by atoms with van der Waals surface area (Å²) in [4.78, 5) is 16.5. The Morgan fingerprint density at radius 2 is 2.43 bits per heavy atom. The van der Waals surface area contributed by atoms with E-state index in [4.69, 9.17) is 4.74 Å². The van der Waals surface area contributed by atoms with Gasteiger partial charge >= 0.3 is 0 Å². The third kappa shape index (κ3) is 2.84. The standard InChI is InChI=1S/C15H18N4O2/c1-19-9-7-17-13(19)5-6-18-15(20)11-3-2-4-12-14(11)21-10-8-16-12/h2-4,7,9,16H,5-6,8,10H2,1H3,(H,18,20). The molecule has 2 aromatic rings. The van der Waals surface area contributed by atoms with Crippen molar-refractivity contribution in [2.75, 3.05) is 25.0 Å². The molecule has 6 heteroatoms. The number of ether oxygens (including phenoxy) is 1. The molecular weight excluding hydrogens is 268 g/mol. The lowest BCUT2D eigenvalue weighted by Gasteiger charge is -2.21. The fourth-order valence-corrected chi connectivity index (χ4v) is 2.37. The molecule has 1 aliphatic heterocycles. The summed E-state index contributed by atoms with van der Waals surface area (Å²) in [7, 11) is 1.94. The number of nitrogens with zero attached hydrogens (tertiary/aromatic N) is 2. The van der Waals surface area contributed by atoms with E-state index >= 15 is 0 Å². The van der Waals surface area contributed by atoms with Crippen LogP contribution < -0.4 is 15.4 Å². The molecule has 0 spiro atoms. The fraction of sp³-hybridized carbons (Fsp3) is 0.333. The van der Waals surface area contributed by atoms with Crippen LogP contribution in [-0.4, -0.2) is 35.2 Å². The number of para-hydroxylation sites is 1. The zero-order valence-corrected chi connectivity index (χ0v) is 11.9. The molecule has 3 rings (SSSR count). The first kappa shape index (κ1) is 13.5. The number of hydrogen-bond donors (Lipinski definition) is 2. The molecule has 110 valence electrons. The van der Waals surface area contributed by atoms with Crippen molar-refractivity contribution >= 4 is 11.6 Å². The minimum Gasteiger partial charge on any atom is -0.489 e. The number of anilines is 1. The van der Waals surface area contributed by atoms with Gasteiger partial charge in [-0.05, 0) is 12.1 Å². The minimum atomic E-state index is -0.121. The van der Waals surface area contributed by atoms with Gasteiger partial charge in [0, 0.05) is 39.0 Å². The van der Waals surface area contributed by atoms with Crippen LogP contribution in [0.5, 0.6) is 5.75 Å². The molecular formula is C15H18N4O2. The van der Waals surface area contributed by atoms with Crippen molar-refractivity contribution in [2.24, 2.45) is 7.05 Å². The van der Waals surface area contributed by atoms with E-state index in [-0.39, 0.29) is 5.91 Å². The molecule has 1 amide bonds. The van der Waals surface area contributed by atoms with Gasteiger partial charge in [0.2, 0.25) is 0 Å². The summed E-state index contributed by atoms with van der Waals surface area (Å²) >= 11 is 0. The second-order valence-electron chi connectivity index (χ2n) is 4.92. The first-order valence-electron chi connectivity index (χ1n) is 7.00. The van der Waals surface area contributed by atoms with Crippen LogP contribution >= 0.6 is 0 Å². The molecule has 0 radical (unpaired) electrons. The number of carbonyl (C=O) groups excluding carboxylic acids is 1. The highest BCUT2D eigenvalue weighted by Crippen LogP contribution is 2.30. The summed E-state index contributed by atoms with van der Waals surface area (Å²) in [6.45, 7) is 1.88. The number of benzene rings is 1. The summed E-state index contributed by atoms with van der Waals surface area (Å²) in [5, 5.41) is 6.14. The number of fused-ring (bicyclic) bond motifs is 1. The third-order valence-electron chi connectivity index (χ3n) is 3.48. The smallest absolute Gasteiger partial charge is 0.255 e. The Hall–Kier alpha value is -2.50. The van der Waals surface area contributed by atoms with Crippen molar-refractivity contribution in [3.05, 3.63) is 42.0 Å². The maximum Gasteiger partial charge on any atom is 0.255 e. The van der Waals surface area contributed by atoms with Gasteiger partial charge in [-0.1, -0.05) is 6.07 Å². The SMILES string of the molecule is Cn1ccnc1CCNC(=O)c1cccc2c1OCCN2. The lowest BCUT2D eigenvalue weighted by atomic mass is 10.1. The Morgan fingerprint density at radius 1 is 1.52 bits per heavy atom. The van der Waals surface area contributed by atoms with E-state index in [2.05, 4.69) is 15.6 Å². The average molecular weight is 286 g/mol. The third-order valence-corrected chi connectivity index (χ3v) is 3.48. The van der Waals surface area contributed by atoms with Gasteiger partial charge in [-0.2, -0.15) is 0 Å². The van der Waals surface area contributed by atoms with Crippen LogP contribution in [0.15, 0.2) is 30.6 Å². The van der Waals surface area contributed by atoms with Crippen molar-refractivity contribution in [3.8, 4) is 5.75 Å². The molecule has 0 aliphatic carbocycles. The summed E-state index contributed by atoms with van der Waals surface area (Å²) in [5.41, 5.74) is 1.44. The van der Waals surface area contributed by atoms with E-state index in [1.807, 2.05) is 29.9 Å². The molecule has 1 aliphatic rings. The van der Waals surface area contributed by atoms with Gasteiger partial charge in [0.15, 0.2) is 5.75 Å². The largest absolute Gasteiger partial charge is 0.489 e. The van der Waals surface area contributed by atoms with E-state index in [1.54, 1.807) is 12.3 Å². The Kier molecular flexibility index (Phi) is 3.77. The lowest BCUT2D eigenvalue weighted by molar-refractivity contribution is 0.0950. The summed E-state index contributed by atoms with van der Waals surface area (Å²) < 4.78 is 7.56. The maximum atomic E-state index is 12.3. The number of rotatable bonds is 4. The second kappa shape index (κ2) is 5.87. The molecule has 2 heterocycles. The molecule has 6 nitrogen and oxygen atoms in total. The minimum absolute atomic E-state index is 0.121. The maximum absolute atomic E-state index is 12.3. The molecule has 1 aromatic carbocycles. The quantitative estimate of drug-likeness (QED) is 0.886. The van der Waals surface area contributed by atoms with E-state index in [1.165, 1.54) is 0 Å². The number of imidazole rings is 1. The monoisotopic (exact) mass is 286 g/mol. The van der Waals surface area contributed by atoms with Crippen LogP contribution in [0.4, 0.5) is 5.69 Å². The Labute approximate surface area is 123 Å². The van der Waals surface area contributed by atoms with Gasteiger partial charge in [-0.25, -0.2) is 4.98 Å². The number of hydrogen-bond acceptors (Lipinski definition) is 4. The van der Waals surface area contributed by atoms with Gasteiger partial charge in [-0.3, -0.25) is 4.79 Å². The molecule has 1 aromatic heterocycles. The van der Waals surface area contributed by atoms with Crippen molar-refractivity contribution in [1.82, 2.24) is 14.9 Å². The van der Waals surface area contributed by atoms with Gasteiger partial charge in [0.1, 0.15) is 12.4 Å². The summed E-state index contributed by atoms with van der Waals surface area (Å²) in [5.74, 6) is 1.46. The van der Waals surface area contributed by atoms with Crippen molar-refractivity contribution in [3.63, 3.8) is 0 Å². The van der Waals surface area contributed by atoms with E-state index in [9.17, 15) is 4.79 Å². The van der Waals surface area contributed by atoms with Gasteiger partial charge in [0.25, 0.3) is 5.91 Å². The first-order valence-corrected chi connectivity index (χ1v) is 7.00. The van der Waals surface area contributed by atoms with Crippen LogP contribution in [-0.2, 0) is 13.5 Å². The van der Waals surface area contributed by atoms with Crippen LogP contribution in [0.1, 0.15) is 16.2 Å². The first-order chi connectivity index (χ1) is 10.3. The predicted molar refractivity (Wildman–Crippen MR) is 79.7 cm³/mol. The molecule has 2 N–H and O–H groups in total. The Balaban J connectivity index is 1.64. The predicted octanol–water partition coefficient (Wildman–Crippen LogP) is 1.20. The van der Waals surface area contributed by atoms with Crippen molar-refractivity contribution < 1.29 is 9.53 Å². The van der Waals surface area contributed by atoms with E-state index in [0.717, 1.165) is 18.1 Å². The van der Waals surface area contributed by atoms with Crippen molar-refractivity contribution in [1.29, 1.82) is 0 Å². The zero-order valence-electron chi connectivity index (χ0n) is 11.9. The van der Waals surface area contributed by atoms with Gasteiger partial charge in [0.05, 0.1) is 11.3 Å². The number of aromatic nitrogens is 2. The van der Waals surface area contributed by atoms with Crippen LogP contribution in [0, 0.1) is 0 Å². The number of nitrogens with one attached hydrogen (secondary N) is 2. The van der Waals surface area contributed by atoms with Gasteiger partial charge < -0.3 is 19.9 Å². The van der Waals surface area contributed by atoms with Crippen LogP contribution in [0.3, 0.4) is 0 Å². The van der Waals surface area contributed by atoms with Crippen LogP contribution in [0.2, 0.25) is 0 Å². The van der Waals surface area contributed by atoms with Crippen LogP contribution in [0.25, 0.3) is 0 Å². The number of aryl methyl sites for hydroxylation is 1. The molecule has 0 fully saturated rings. The molecule has 21 heavy (non-hydrogen) atoms. The number of carbonyl (C=O) groups is 1. The summed E-state index contributed by atoms with van der Waals surface area (Å²) in [6, 6.07) is 5.55. The molecule has 0 saturated heterocycles. The molecule has 0 unspecified atom stereocenters. The Morgan fingerprint density at radius 3 is 3.24 bits per heavy atom. The van der Waals surface area contributed by atoms with Gasteiger partial charge in [-0.15, -0.1) is 0 Å². The van der Waals surface area contributed by atoms with E-state index < -0.39 is 0 Å². The molecule has 0 atom stereocenters. The Bertz CT molecular complexity index is 651. The second-order valence-corrected chi connectivity index (χ2v) is 4.92. The highest BCUT2D eigenvalue weighted by Gasteiger charge is 2.18. The lowest BCUT2D eigenvalue weighted by Crippen LogP contribution is -2.28. The highest BCUT2D eigenvalue weighted by atomic mass is 16.5. The fourth-order valence-electron chi connectivity index (χ4n) is 2.37. The normalized spacial score (nSPS) is 13.0. The molecule has 0 bridgehead atoms. The average Bonchev–Trinajstić information content (AvgIpc) is 2.92. The zero-order chi connectivity index (χ0) is 14.7. The topological polar surface area (TPSA) is 68.2 Å². The highest BCUT2D eigenvalue weighted by molar-refractivity contribution is 5.98. The summed E-state index contributed by atoms with van der Waals surface area (Å²) in [6.07, 6.45) is 4.35.